The highest BCUT2D eigenvalue weighted by Crippen LogP contribution is 2.21. The van der Waals surface area contributed by atoms with Gasteiger partial charge >= 0.3 is 5.97 Å². The second-order valence-corrected chi connectivity index (χ2v) is 4.78. The smallest absolute Gasteiger partial charge is 0.308 e. The summed E-state index contributed by atoms with van der Waals surface area (Å²) < 4.78 is 28.6. The Morgan fingerprint density at radius 3 is 2.52 bits per heavy atom. The number of rotatable bonds is 5. The maximum atomic E-state index is 13.6. The Hall–Kier alpha value is -2.38. The summed E-state index contributed by atoms with van der Waals surface area (Å²) in [6, 6.07) is 3.03. The molecule has 6 nitrogen and oxygen atoms in total. The molecule has 0 fully saturated rings. The molecule has 1 heterocycles. The van der Waals surface area contributed by atoms with E-state index in [4.69, 9.17) is 5.11 Å². The summed E-state index contributed by atoms with van der Waals surface area (Å²) in [7, 11) is 0. The zero-order valence-electron chi connectivity index (χ0n) is 11.5. The molecule has 2 aromatic rings. The fourth-order valence-corrected chi connectivity index (χ4v) is 1.92. The summed E-state index contributed by atoms with van der Waals surface area (Å²) in [5, 5.41) is 19.9. The zero-order chi connectivity index (χ0) is 15.6. The summed E-state index contributed by atoms with van der Waals surface area (Å²) in [5.41, 5.74) is -0.149. The Morgan fingerprint density at radius 2 is 1.95 bits per heavy atom. The normalized spacial score (nSPS) is 13.9. The molecule has 2 atom stereocenters. The van der Waals surface area contributed by atoms with Gasteiger partial charge in [-0.3, -0.25) is 4.79 Å². The van der Waals surface area contributed by atoms with Crippen molar-refractivity contribution in [3.63, 3.8) is 0 Å². The molecule has 21 heavy (non-hydrogen) atoms. The van der Waals surface area contributed by atoms with E-state index in [2.05, 4.69) is 15.5 Å². The first kappa shape index (κ1) is 15.0. The second-order valence-electron chi connectivity index (χ2n) is 4.78. The van der Waals surface area contributed by atoms with Crippen molar-refractivity contribution in [1.29, 1.82) is 0 Å². The van der Waals surface area contributed by atoms with Crippen molar-refractivity contribution in [2.24, 2.45) is 5.92 Å². The predicted octanol–water partition coefficient (Wildman–Crippen LogP) is 1.82. The van der Waals surface area contributed by atoms with Crippen molar-refractivity contribution >= 4 is 5.97 Å². The number of carbonyl (C=O) groups is 1. The molecule has 2 rings (SSSR count). The first-order valence-electron chi connectivity index (χ1n) is 6.34. The van der Waals surface area contributed by atoms with Crippen molar-refractivity contribution in [2.75, 3.05) is 0 Å². The van der Waals surface area contributed by atoms with Gasteiger partial charge in [0.15, 0.2) is 5.82 Å². The van der Waals surface area contributed by atoms with Crippen LogP contribution < -0.4 is 0 Å². The Morgan fingerprint density at radius 1 is 1.33 bits per heavy atom. The first-order chi connectivity index (χ1) is 9.91. The highest BCUT2D eigenvalue weighted by atomic mass is 19.1. The average Bonchev–Trinajstić information content (AvgIpc) is 2.89. The number of nitrogens with zero attached hydrogens (tertiary/aromatic N) is 4. The lowest BCUT2D eigenvalue weighted by molar-refractivity contribution is -0.142. The second kappa shape index (κ2) is 5.94. The Balaban J connectivity index is 2.31. The molecule has 112 valence electrons. The highest BCUT2D eigenvalue weighted by Gasteiger charge is 2.25. The van der Waals surface area contributed by atoms with E-state index in [-0.39, 0.29) is 17.8 Å². The molecule has 2 unspecified atom stereocenters. The van der Waals surface area contributed by atoms with Crippen molar-refractivity contribution < 1.29 is 18.7 Å². The van der Waals surface area contributed by atoms with Gasteiger partial charge in [-0.1, -0.05) is 6.07 Å². The summed E-state index contributed by atoms with van der Waals surface area (Å²) in [6.45, 7) is 3.15. The predicted molar refractivity (Wildman–Crippen MR) is 68.5 cm³/mol. The number of carboxylic acids is 1. The van der Waals surface area contributed by atoms with Crippen LogP contribution in [0.25, 0.3) is 0 Å². The van der Waals surface area contributed by atoms with Gasteiger partial charge in [0.25, 0.3) is 0 Å². The van der Waals surface area contributed by atoms with Gasteiger partial charge in [0.05, 0.1) is 12.0 Å². The minimum absolute atomic E-state index is 0.149. The summed E-state index contributed by atoms with van der Waals surface area (Å²) in [5.74, 6) is -2.91. The minimum Gasteiger partial charge on any atom is -0.481 e. The quantitative estimate of drug-likeness (QED) is 0.910. The molecule has 0 radical (unpaired) electrons. The van der Waals surface area contributed by atoms with Crippen LogP contribution in [0.4, 0.5) is 8.78 Å². The maximum absolute atomic E-state index is 13.6. The van der Waals surface area contributed by atoms with Gasteiger partial charge in [0.2, 0.25) is 0 Å². The lowest BCUT2D eigenvalue weighted by Gasteiger charge is -2.17. The average molecular weight is 296 g/mol. The van der Waals surface area contributed by atoms with Crippen molar-refractivity contribution in [3.8, 4) is 0 Å². The van der Waals surface area contributed by atoms with Crippen LogP contribution in [0.3, 0.4) is 0 Å². The van der Waals surface area contributed by atoms with Crippen molar-refractivity contribution in [3.05, 3.63) is 41.2 Å². The number of hydrogen-bond acceptors (Lipinski definition) is 4. The highest BCUT2D eigenvalue weighted by molar-refractivity contribution is 5.70. The van der Waals surface area contributed by atoms with Crippen LogP contribution in [0.15, 0.2) is 18.2 Å². The van der Waals surface area contributed by atoms with Gasteiger partial charge < -0.3 is 5.11 Å². The fraction of sp³-hybridized carbons (Fsp3) is 0.385. The van der Waals surface area contributed by atoms with Gasteiger partial charge in [0, 0.05) is 12.0 Å². The van der Waals surface area contributed by atoms with Crippen LogP contribution >= 0.6 is 0 Å². The first-order valence-corrected chi connectivity index (χ1v) is 6.34. The van der Waals surface area contributed by atoms with E-state index in [0.29, 0.717) is 0 Å². The SMILES string of the molecule is CC(C(=O)O)C(C)n1nnnc1Cc1c(F)cccc1F. The molecule has 0 saturated carbocycles. The van der Waals surface area contributed by atoms with Gasteiger partial charge in [-0.2, -0.15) is 0 Å². The van der Waals surface area contributed by atoms with E-state index in [1.807, 2.05) is 0 Å². The lowest BCUT2D eigenvalue weighted by Crippen LogP contribution is -2.24. The van der Waals surface area contributed by atoms with Crippen LogP contribution in [-0.2, 0) is 11.2 Å². The molecule has 0 spiro atoms. The van der Waals surface area contributed by atoms with Crippen LogP contribution in [0, 0.1) is 17.6 Å². The van der Waals surface area contributed by atoms with E-state index in [0.717, 1.165) is 12.1 Å². The Labute approximate surface area is 119 Å². The minimum atomic E-state index is -0.999. The third-order valence-corrected chi connectivity index (χ3v) is 3.46. The van der Waals surface area contributed by atoms with Crippen LogP contribution in [0.2, 0.25) is 0 Å². The number of aliphatic carboxylic acids is 1. The molecule has 0 aliphatic carbocycles. The number of hydrogen-bond donors (Lipinski definition) is 1. The van der Waals surface area contributed by atoms with Gasteiger partial charge in [0.1, 0.15) is 11.6 Å². The number of tetrazole rings is 1. The molecule has 0 bridgehead atoms. The third-order valence-electron chi connectivity index (χ3n) is 3.46. The number of halogens is 2. The number of benzene rings is 1. The molecular formula is C13H14F2N4O2. The molecule has 8 heteroatoms. The monoisotopic (exact) mass is 296 g/mol. The largest absolute Gasteiger partial charge is 0.481 e. The molecule has 1 aromatic heterocycles. The molecule has 0 saturated heterocycles. The van der Waals surface area contributed by atoms with Gasteiger partial charge in [-0.15, -0.1) is 5.10 Å². The summed E-state index contributed by atoms with van der Waals surface area (Å²) in [6.07, 6.45) is -0.151. The molecule has 0 aliphatic rings. The van der Waals surface area contributed by atoms with E-state index in [1.54, 1.807) is 6.92 Å². The van der Waals surface area contributed by atoms with Crippen molar-refractivity contribution in [1.82, 2.24) is 20.2 Å². The van der Waals surface area contributed by atoms with E-state index in [1.165, 1.54) is 17.7 Å². The molecule has 1 aromatic carbocycles. The molecule has 1 N–H and O–H groups in total. The topological polar surface area (TPSA) is 80.9 Å². The van der Waals surface area contributed by atoms with Crippen LogP contribution in [-0.4, -0.2) is 31.3 Å². The molecule has 0 aliphatic heterocycles. The zero-order valence-corrected chi connectivity index (χ0v) is 11.5. The van der Waals surface area contributed by atoms with Gasteiger partial charge in [-0.05, 0) is 36.4 Å². The Kier molecular flexibility index (Phi) is 4.25. The van der Waals surface area contributed by atoms with E-state index >= 15 is 0 Å². The lowest BCUT2D eigenvalue weighted by atomic mass is 10.0. The summed E-state index contributed by atoms with van der Waals surface area (Å²) >= 11 is 0. The maximum Gasteiger partial charge on any atom is 0.308 e. The molecular weight excluding hydrogens is 282 g/mol. The number of carboxylic acid groups (broad SMARTS) is 1. The standard InChI is InChI=1S/C13H14F2N4O2/c1-7(13(20)21)8(2)19-12(16-17-18-19)6-9-10(14)4-3-5-11(9)15/h3-5,7-8H,6H2,1-2H3,(H,20,21). The van der Waals surface area contributed by atoms with Crippen LogP contribution in [0.5, 0.6) is 0 Å². The molecule has 0 amide bonds. The van der Waals surface area contributed by atoms with E-state index in [9.17, 15) is 13.6 Å². The fourth-order valence-electron chi connectivity index (χ4n) is 1.92. The Bertz CT molecular complexity index is 639. The number of aromatic nitrogens is 4. The van der Waals surface area contributed by atoms with Crippen molar-refractivity contribution in [2.45, 2.75) is 26.3 Å². The summed E-state index contributed by atoms with van der Waals surface area (Å²) in [4.78, 5) is 11.0. The third kappa shape index (κ3) is 3.04. The van der Waals surface area contributed by atoms with Crippen LogP contribution in [0.1, 0.15) is 31.3 Å². The van der Waals surface area contributed by atoms with Gasteiger partial charge in [-0.25, -0.2) is 13.5 Å². The van der Waals surface area contributed by atoms with E-state index < -0.39 is 29.6 Å².